The predicted octanol–water partition coefficient (Wildman–Crippen LogP) is 2.13. The lowest BCUT2D eigenvalue weighted by molar-refractivity contribution is -0.384. The van der Waals surface area contributed by atoms with E-state index in [0.717, 1.165) is 11.3 Å². The first-order valence-electron chi connectivity index (χ1n) is 5.30. The Morgan fingerprint density at radius 1 is 1.40 bits per heavy atom. The number of Topliss-reactive ketones (excluding diaryl/α,β-unsaturated/α-hetero) is 1. The molecule has 0 unspecified atom stereocenters. The summed E-state index contributed by atoms with van der Waals surface area (Å²) in [7, 11) is 0. The van der Waals surface area contributed by atoms with E-state index in [1.54, 1.807) is 0 Å². The van der Waals surface area contributed by atoms with Gasteiger partial charge in [-0.15, -0.1) is 0 Å². The number of hydrogen-bond donors (Lipinski definition) is 0. The zero-order chi connectivity index (χ0) is 14.9. The van der Waals surface area contributed by atoms with Gasteiger partial charge in [-0.25, -0.2) is 4.68 Å². The molecule has 0 N–H and O–H groups in total. The average molecular weight is 309 g/mol. The SMILES string of the molecule is CC(=O)c1nn(-c2ccc([N+](=O)[O-])cc2)c(=S)sc1=O. The van der Waals surface area contributed by atoms with Crippen molar-refractivity contribution in [2.75, 3.05) is 0 Å². The van der Waals surface area contributed by atoms with E-state index in [9.17, 15) is 19.7 Å². The standard InChI is InChI=1S/C11H7N3O4S2/c1-6(15)9-10(16)20-11(19)13(12-9)7-2-4-8(5-3-7)14(17)18/h2-5H,1H3. The molecule has 0 bridgehead atoms. The van der Waals surface area contributed by atoms with E-state index in [1.165, 1.54) is 35.9 Å². The number of carbonyl (C=O) groups excluding carboxylic acids is 1. The molecule has 0 saturated heterocycles. The molecule has 20 heavy (non-hydrogen) atoms. The van der Waals surface area contributed by atoms with Crippen molar-refractivity contribution in [3.8, 4) is 5.69 Å². The van der Waals surface area contributed by atoms with E-state index in [2.05, 4.69) is 5.10 Å². The van der Waals surface area contributed by atoms with Gasteiger partial charge >= 0.3 is 0 Å². The van der Waals surface area contributed by atoms with Crippen LogP contribution in [0.15, 0.2) is 29.1 Å². The van der Waals surface area contributed by atoms with E-state index in [1.807, 2.05) is 0 Å². The van der Waals surface area contributed by atoms with Gasteiger partial charge in [-0.3, -0.25) is 19.7 Å². The largest absolute Gasteiger partial charge is 0.293 e. The van der Waals surface area contributed by atoms with Crippen molar-refractivity contribution in [1.29, 1.82) is 0 Å². The van der Waals surface area contributed by atoms with Crippen LogP contribution in [0.5, 0.6) is 0 Å². The number of ketones is 1. The lowest BCUT2D eigenvalue weighted by Gasteiger charge is -2.05. The van der Waals surface area contributed by atoms with Gasteiger partial charge in [0.15, 0.2) is 15.4 Å². The van der Waals surface area contributed by atoms with Crippen LogP contribution in [0.25, 0.3) is 5.69 Å². The van der Waals surface area contributed by atoms with Gasteiger partial charge in [0.2, 0.25) is 0 Å². The summed E-state index contributed by atoms with van der Waals surface area (Å²) >= 11 is 5.75. The molecule has 1 aromatic heterocycles. The van der Waals surface area contributed by atoms with Gasteiger partial charge in [0.25, 0.3) is 10.4 Å². The van der Waals surface area contributed by atoms with Crippen LogP contribution in [-0.2, 0) is 0 Å². The number of rotatable bonds is 3. The summed E-state index contributed by atoms with van der Waals surface area (Å²) in [5.41, 5.74) is 0.164. The van der Waals surface area contributed by atoms with E-state index in [0.29, 0.717) is 5.69 Å². The summed E-state index contributed by atoms with van der Waals surface area (Å²) < 4.78 is 0.900. The van der Waals surface area contributed by atoms with Crippen LogP contribution >= 0.6 is 23.6 Å². The molecular weight excluding hydrogens is 302 g/mol. The molecule has 0 aliphatic rings. The fourth-order valence-corrected chi connectivity index (χ4v) is 2.49. The lowest BCUT2D eigenvalue weighted by Crippen LogP contribution is -2.17. The summed E-state index contributed by atoms with van der Waals surface area (Å²) in [5, 5.41) is 14.5. The molecule has 1 aromatic carbocycles. The van der Waals surface area contributed by atoms with Gasteiger partial charge in [-0.1, -0.05) is 11.3 Å². The van der Waals surface area contributed by atoms with Gasteiger partial charge in [0, 0.05) is 19.1 Å². The number of nitrogens with zero attached hydrogens (tertiary/aromatic N) is 3. The molecule has 9 heteroatoms. The maximum Gasteiger partial charge on any atom is 0.269 e. The number of carbonyl (C=O) groups is 1. The monoisotopic (exact) mass is 309 g/mol. The van der Waals surface area contributed by atoms with Gasteiger partial charge in [0.05, 0.1) is 10.6 Å². The smallest absolute Gasteiger partial charge is 0.269 e. The second kappa shape index (κ2) is 5.39. The van der Waals surface area contributed by atoms with Crippen LogP contribution in [-0.4, -0.2) is 20.5 Å². The summed E-state index contributed by atoms with van der Waals surface area (Å²) in [6, 6.07) is 5.48. The van der Waals surface area contributed by atoms with Crippen molar-refractivity contribution in [2.45, 2.75) is 6.92 Å². The van der Waals surface area contributed by atoms with Gasteiger partial charge < -0.3 is 0 Å². The molecule has 0 radical (unpaired) electrons. The quantitative estimate of drug-likeness (QED) is 0.373. The van der Waals surface area contributed by atoms with Crippen LogP contribution in [0.3, 0.4) is 0 Å². The van der Waals surface area contributed by atoms with Crippen molar-refractivity contribution in [2.24, 2.45) is 0 Å². The third-order valence-corrected chi connectivity index (χ3v) is 3.53. The minimum Gasteiger partial charge on any atom is -0.293 e. The highest BCUT2D eigenvalue weighted by Crippen LogP contribution is 2.15. The molecule has 7 nitrogen and oxygen atoms in total. The first-order valence-corrected chi connectivity index (χ1v) is 6.53. The molecule has 0 aliphatic heterocycles. The average Bonchev–Trinajstić information content (AvgIpc) is 2.38. The lowest BCUT2D eigenvalue weighted by atomic mass is 10.3. The summed E-state index contributed by atoms with van der Waals surface area (Å²) in [5.74, 6) is -0.461. The molecule has 0 amide bonds. The summed E-state index contributed by atoms with van der Waals surface area (Å²) in [6.45, 7) is 1.24. The number of non-ortho nitro benzene ring substituents is 1. The van der Waals surface area contributed by atoms with Crippen molar-refractivity contribution >= 4 is 35.0 Å². The topological polar surface area (TPSA) is 95.1 Å². The number of nitro benzene ring substituents is 1. The van der Waals surface area contributed by atoms with Crippen molar-refractivity contribution < 1.29 is 9.72 Å². The Balaban J connectivity index is 2.60. The zero-order valence-corrected chi connectivity index (χ0v) is 11.7. The first-order chi connectivity index (χ1) is 9.40. The van der Waals surface area contributed by atoms with Gasteiger partial charge in [0.1, 0.15) is 0 Å². The highest BCUT2D eigenvalue weighted by Gasteiger charge is 2.12. The van der Waals surface area contributed by atoms with E-state index >= 15 is 0 Å². The van der Waals surface area contributed by atoms with Crippen LogP contribution in [0.4, 0.5) is 5.69 Å². The Bertz CT molecular complexity index is 808. The van der Waals surface area contributed by atoms with E-state index in [-0.39, 0.29) is 15.3 Å². The maximum absolute atomic E-state index is 11.6. The van der Waals surface area contributed by atoms with Crippen LogP contribution in [0.1, 0.15) is 17.4 Å². The van der Waals surface area contributed by atoms with Gasteiger partial charge in [-0.2, -0.15) is 5.10 Å². The van der Waals surface area contributed by atoms with Crippen molar-refractivity contribution in [3.63, 3.8) is 0 Å². The molecular formula is C11H7N3O4S2. The molecule has 0 spiro atoms. The first kappa shape index (κ1) is 14.2. The van der Waals surface area contributed by atoms with Crippen molar-refractivity contribution in [3.05, 3.63) is 53.6 Å². The Kier molecular flexibility index (Phi) is 3.81. The second-order valence-electron chi connectivity index (χ2n) is 3.75. The molecule has 102 valence electrons. The molecule has 1 heterocycles. The van der Waals surface area contributed by atoms with Crippen LogP contribution < -0.4 is 4.74 Å². The predicted molar refractivity (Wildman–Crippen MR) is 75.2 cm³/mol. The Morgan fingerprint density at radius 2 is 2.00 bits per heavy atom. The number of hydrogen-bond acceptors (Lipinski definition) is 7. The molecule has 0 saturated carbocycles. The summed E-state index contributed by atoms with van der Waals surface area (Å²) in [4.78, 5) is 32.9. The Morgan fingerprint density at radius 3 is 2.50 bits per heavy atom. The minimum absolute atomic E-state index is 0.0730. The Labute approximate surface area is 121 Å². The number of aromatic nitrogens is 2. The third kappa shape index (κ3) is 2.68. The molecule has 2 aromatic rings. The highest BCUT2D eigenvalue weighted by atomic mass is 32.1. The van der Waals surface area contributed by atoms with Crippen LogP contribution in [0, 0.1) is 14.1 Å². The maximum atomic E-state index is 11.6. The molecule has 0 atom stereocenters. The fraction of sp³-hybridized carbons (Fsp3) is 0.0909. The zero-order valence-electron chi connectivity index (χ0n) is 10.1. The van der Waals surface area contributed by atoms with Crippen LogP contribution in [0.2, 0.25) is 0 Å². The van der Waals surface area contributed by atoms with E-state index in [4.69, 9.17) is 12.2 Å². The molecule has 0 fully saturated rings. The normalized spacial score (nSPS) is 10.2. The fourth-order valence-electron chi connectivity index (χ4n) is 1.45. The molecule has 0 aliphatic carbocycles. The summed E-state index contributed by atoms with van der Waals surface area (Å²) in [6.07, 6.45) is 0. The number of nitro groups is 1. The third-order valence-electron chi connectivity index (χ3n) is 2.38. The van der Waals surface area contributed by atoms with Crippen molar-refractivity contribution in [1.82, 2.24) is 9.78 Å². The number of benzene rings is 1. The Hall–Kier alpha value is -2.26. The van der Waals surface area contributed by atoms with Gasteiger partial charge in [-0.05, 0) is 24.4 Å². The van der Waals surface area contributed by atoms with E-state index < -0.39 is 15.4 Å². The molecule has 2 rings (SSSR count). The second-order valence-corrected chi connectivity index (χ2v) is 5.35. The minimum atomic E-state index is -0.527. The highest BCUT2D eigenvalue weighted by molar-refractivity contribution is 7.73.